The highest BCUT2D eigenvalue weighted by molar-refractivity contribution is 8.00. The van der Waals surface area contributed by atoms with E-state index in [4.69, 9.17) is 4.74 Å². The van der Waals surface area contributed by atoms with Crippen LogP contribution in [-0.2, 0) is 0 Å². The van der Waals surface area contributed by atoms with Crippen LogP contribution in [-0.4, -0.2) is 24.2 Å². The molecule has 17 heavy (non-hydrogen) atoms. The van der Waals surface area contributed by atoms with Gasteiger partial charge in [-0.15, -0.1) is 0 Å². The van der Waals surface area contributed by atoms with Gasteiger partial charge in [-0.2, -0.15) is 11.8 Å². The molecule has 0 amide bonds. The molecule has 1 aliphatic heterocycles. The second kappa shape index (κ2) is 4.21. The first-order chi connectivity index (χ1) is 8.29. The molecular formula is C14H19NOS. The molecule has 2 aliphatic rings. The van der Waals surface area contributed by atoms with Gasteiger partial charge in [0.1, 0.15) is 11.9 Å². The molecular weight excluding hydrogens is 230 g/mol. The van der Waals surface area contributed by atoms with Crippen molar-refractivity contribution < 1.29 is 4.74 Å². The Balaban J connectivity index is 1.90. The number of nitrogens with one attached hydrogen (secondary N) is 1. The molecule has 1 saturated carbocycles. The molecule has 3 heteroatoms. The van der Waals surface area contributed by atoms with Crippen molar-refractivity contribution in [3.8, 4) is 5.75 Å². The van der Waals surface area contributed by atoms with Crippen LogP contribution in [0.4, 0.5) is 0 Å². The second-order valence-corrected chi connectivity index (χ2v) is 6.21. The van der Waals surface area contributed by atoms with Gasteiger partial charge in [0.25, 0.3) is 0 Å². The van der Waals surface area contributed by atoms with Gasteiger partial charge >= 0.3 is 0 Å². The number of benzene rings is 1. The van der Waals surface area contributed by atoms with Crippen molar-refractivity contribution in [2.24, 2.45) is 0 Å². The SMILES string of the molecule is CNC1CC(C2(SC)CC2)Oc2ccccc21. The summed E-state index contributed by atoms with van der Waals surface area (Å²) in [6, 6.07) is 8.86. The Kier molecular flexibility index (Phi) is 2.83. The van der Waals surface area contributed by atoms with Crippen molar-refractivity contribution in [2.75, 3.05) is 13.3 Å². The third kappa shape index (κ3) is 1.85. The van der Waals surface area contributed by atoms with Gasteiger partial charge in [-0.05, 0) is 32.2 Å². The van der Waals surface area contributed by atoms with E-state index in [-0.39, 0.29) is 0 Å². The molecule has 0 aromatic heterocycles. The van der Waals surface area contributed by atoms with Gasteiger partial charge in [-0.25, -0.2) is 0 Å². The highest BCUT2D eigenvalue weighted by Crippen LogP contribution is 2.54. The van der Waals surface area contributed by atoms with E-state index in [9.17, 15) is 0 Å². The lowest BCUT2D eigenvalue weighted by Gasteiger charge is -2.36. The van der Waals surface area contributed by atoms with Crippen LogP contribution in [0.1, 0.15) is 30.9 Å². The average Bonchev–Trinajstić information content (AvgIpc) is 3.18. The zero-order chi connectivity index (χ0) is 11.9. The first-order valence-corrected chi connectivity index (χ1v) is 7.49. The molecule has 2 atom stereocenters. The van der Waals surface area contributed by atoms with Gasteiger partial charge < -0.3 is 10.1 Å². The summed E-state index contributed by atoms with van der Waals surface area (Å²) in [4.78, 5) is 0. The van der Waals surface area contributed by atoms with Crippen LogP contribution in [0, 0.1) is 0 Å². The molecule has 1 heterocycles. The topological polar surface area (TPSA) is 21.3 Å². The lowest BCUT2D eigenvalue weighted by atomic mass is 9.94. The first kappa shape index (κ1) is 11.4. The zero-order valence-electron chi connectivity index (χ0n) is 10.4. The Bertz CT molecular complexity index is 416. The van der Waals surface area contributed by atoms with Crippen LogP contribution < -0.4 is 10.1 Å². The van der Waals surface area contributed by atoms with Crippen LogP contribution in [0.25, 0.3) is 0 Å². The summed E-state index contributed by atoms with van der Waals surface area (Å²) in [7, 11) is 2.04. The van der Waals surface area contributed by atoms with Gasteiger partial charge in [0.2, 0.25) is 0 Å². The van der Waals surface area contributed by atoms with E-state index in [2.05, 4.69) is 35.8 Å². The van der Waals surface area contributed by atoms with E-state index < -0.39 is 0 Å². The number of fused-ring (bicyclic) bond motifs is 1. The van der Waals surface area contributed by atoms with Gasteiger partial charge in [0.15, 0.2) is 0 Å². The Labute approximate surface area is 107 Å². The lowest BCUT2D eigenvalue weighted by Crippen LogP contribution is -2.39. The Hall–Kier alpha value is -0.670. The van der Waals surface area contributed by atoms with Crippen LogP contribution in [0.2, 0.25) is 0 Å². The van der Waals surface area contributed by atoms with Gasteiger partial charge in [-0.1, -0.05) is 18.2 Å². The number of thioether (sulfide) groups is 1. The summed E-state index contributed by atoms with van der Waals surface area (Å²) in [5.74, 6) is 1.07. The van der Waals surface area contributed by atoms with Crippen LogP contribution in [0.3, 0.4) is 0 Å². The predicted octanol–water partition coefficient (Wildman–Crippen LogP) is 2.99. The average molecular weight is 249 g/mol. The highest BCUT2D eigenvalue weighted by Gasteiger charge is 2.52. The molecule has 1 aliphatic carbocycles. The van der Waals surface area contributed by atoms with E-state index in [1.807, 2.05) is 18.8 Å². The number of hydrogen-bond acceptors (Lipinski definition) is 3. The fourth-order valence-corrected chi connectivity index (χ4v) is 3.71. The molecule has 1 aromatic rings. The largest absolute Gasteiger partial charge is 0.489 e. The zero-order valence-corrected chi connectivity index (χ0v) is 11.2. The fourth-order valence-electron chi connectivity index (χ4n) is 2.79. The van der Waals surface area contributed by atoms with Crippen LogP contribution >= 0.6 is 11.8 Å². The quantitative estimate of drug-likeness (QED) is 0.890. The van der Waals surface area contributed by atoms with Crippen molar-refractivity contribution in [3.63, 3.8) is 0 Å². The Morgan fingerprint density at radius 3 is 2.76 bits per heavy atom. The summed E-state index contributed by atoms with van der Waals surface area (Å²) in [6.45, 7) is 0. The highest BCUT2D eigenvalue weighted by atomic mass is 32.2. The first-order valence-electron chi connectivity index (χ1n) is 6.27. The maximum atomic E-state index is 6.22. The number of ether oxygens (including phenoxy) is 1. The molecule has 0 radical (unpaired) electrons. The molecule has 2 nitrogen and oxygen atoms in total. The van der Waals surface area contributed by atoms with Crippen molar-refractivity contribution in [2.45, 2.75) is 36.2 Å². The predicted molar refractivity (Wildman–Crippen MR) is 72.8 cm³/mol. The molecule has 0 spiro atoms. The minimum Gasteiger partial charge on any atom is -0.489 e. The Morgan fingerprint density at radius 2 is 2.12 bits per heavy atom. The summed E-state index contributed by atoms with van der Waals surface area (Å²) in [5, 5.41) is 3.42. The summed E-state index contributed by atoms with van der Waals surface area (Å²) < 4.78 is 6.61. The monoisotopic (exact) mass is 249 g/mol. The summed E-state index contributed by atoms with van der Waals surface area (Å²) in [5.41, 5.74) is 1.31. The maximum Gasteiger partial charge on any atom is 0.124 e. The molecule has 0 saturated heterocycles. The van der Waals surface area contributed by atoms with Crippen molar-refractivity contribution in [1.82, 2.24) is 5.32 Å². The summed E-state index contributed by atoms with van der Waals surface area (Å²) >= 11 is 1.98. The minimum atomic E-state index is 0.366. The third-order valence-electron chi connectivity index (χ3n) is 4.10. The van der Waals surface area contributed by atoms with Gasteiger partial charge in [-0.3, -0.25) is 0 Å². The van der Waals surface area contributed by atoms with Crippen molar-refractivity contribution in [1.29, 1.82) is 0 Å². The van der Waals surface area contributed by atoms with E-state index in [0.29, 0.717) is 16.9 Å². The molecule has 3 rings (SSSR count). The van der Waals surface area contributed by atoms with Crippen LogP contribution in [0.15, 0.2) is 24.3 Å². The number of hydrogen-bond donors (Lipinski definition) is 1. The van der Waals surface area contributed by atoms with Crippen molar-refractivity contribution in [3.05, 3.63) is 29.8 Å². The van der Waals surface area contributed by atoms with E-state index >= 15 is 0 Å². The lowest BCUT2D eigenvalue weighted by molar-refractivity contribution is 0.143. The molecule has 0 bridgehead atoms. The Morgan fingerprint density at radius 1 is 1.35 bits per heavy atom. The van der Waals surface area contributed by atoms with Crippen molar-refractivity contribution >= 4 is 11.8 Å². The van der Waals surface area contributed by atoms with Crippen LogP contribution in [0.5, 0.6) is 5.75 Å². The van der Waals surface area contributed by atoms with E-state index in [1.165, 1.54) is 18.4 Å². The standard InChI is InChI=1S/C14H19NOS/c1-15-11-9-13(14(17-2)7-8-14)16-12-6-4-3-5-10(11)12/h3-6,11,13,15H,7-9H2,1-2H3. The fraction of sp³-hybridized carbons (Fsp3) is 0.571. The molecule has 1 fully saturated rings. The normalized spacial score (nSPS) is 29.3. The smallest absolute Gasteiger partial charge is 0.124 e. The van der Waals surface area contributed by atoms with E-state index in [1.54, 1.807) is 0 Å². The summed E-state index contributed by atoms with van der Waals surface area (Å²) in [6.07, 6.45) is 6.28. The molecule has 1 aromatic carbocycles. The number of para-hydroxylation sites is 1. The molecule has 1 N–H and O–H groups in total. The van der Waals surface area contributed by atoms with E-state index in [0.717, 1.165) is 12.2 Å². The molecule has 2 unspecified atom stereocenters. The van der Waals surface area contributed by atoms with Gasteiger partial charge in [0, 0.05) is 18.0 Å². The minimum absolute atomic E-state index is 0.366. The second-order valence-electron chi connectivity index (χ2n) is 4.99. The third-order valence-corrected chi connectivity index (χ3v) is 5.58. The molecule has 92 valence electrons. The maximum absolute atomic E-state index is 6.22. The number of rotatable bonds is 3. The van der Waals surface area contributed by atoms with Gasteiger partial charge in [0.05, 0.1) is 4.75 Å².